The van der Waals surface area contributed by atoms with E-state index in [1.54, 1.807) is 12.1 Å². The molecule has 1 aromatic carbocycles. The first-order chi connectivity index (χ1) is 10.5. The van der Waals surface area contributed by atoms with Crippen LogP contribution in [0.4, 0.5) is 5.69 Å². The number of hydrogen-bond donors (Lipinski definition) is 0. The van der Waals surface area contributed by atoms with Gasteiger partial charge in [-0.2, -0.15) is 0 Å². The Labute approximate surface area is 133 Å². The molecule has 0 N–H and O–H groups in total. The van der Waals surface area contributed by atoms with Crippen molar-refractivity contribution in [1.82, 2.24) is 0 Å². The molecule has 0 radical (unpaired) electrons. The number of carbonyl (C=O) groups excluding carboxylic acids is 2. The van der Waals surface area contributed by atoms with Crippen molar-refractivity contribution in [2.75, 3.05) is 32.5 Å². The number of methoxy groups -OCH3 is 2. The highest BCUT2D eigenvalue weighted by Crippen LogP contribution is 2.29. The first kappa shape index (κ1) is 16.3. The van der Waals surface area contributed by atoms with Crippen LogP contribution in [0.2, 0.25) is 5.02 Å². The maximum atomic E-state index is 12.1. The molecule has 6 nitrogen and oxygen atoms in total. The van der Waals surface area contributed by atoms with Crippen molar-refractivity contribution in [2.24, 2.45) is 0 Å². The van der Waals surface area contributed by atoms with Crippen LogP contribution in [0, 0.1) is 6.92 Å². The second kappa shape index (κ2) is 6.81. The second-order valence-corrected chi connectivity index (χ2v) is 5.06. The Morgan fingerprint density at radius 1 is 1.23 bits per heavy atom. The van der Waals surface area contributed by atoms with Crippen LogP contribution in [0.25, 0.3) is 0 Å². The van der Waals surface area contributed by atoms with E-state index in [-0.39, 0.29) is 24.6 Å². The number of rotatable bonds is 3. The fraction of sp³-hybridized carbons (Fsp3) is 0.333. The molecule has 0 saturated carbocycles. The van der Waals surface area contributed by atoms with E-state index < -0.39 is 11.9 Å². The summed E-state index contributed by atoms with van der Waals surface area (Å²) in [6.07, 6.45) is 0. The van der Waals surface area contributed by atoms with E-state index in [2.05, 4.69) is 0 Å². The number of ether oxygens (including phenoxy) is 3. The molecule has 0 fully saturated rings. The van der Waals surface area contributed by atoms with Gasteiger partial charge in [0, 0.05) is 10.7 Å². The average Bonchev–Trinajstić information content (AvgIpc) is 2.55. The number of hydrogen-bond acceptors (Lipinski definition) is 6. The Morgan fingerprint density at radius 3 is 2.50 bits per heavy atom. The quantitative estimate of drug-likeness (QED) is 0.792. The Morgan fingerprint density at radius 2 is 1.91 bits per heavy atom. The van der Waals surface area contributed by atoms with Crippen molar-refractivity contribution in [3.63, 3.8) is 0 Å². The van der Waals surface area contributed by atoms with Gasteiger partial charge in [0.2, 0.25) is 0 Å². The molecular weight excluding hydrogens is 310 g/mol. The Balaban J connectivity index is 2.54. The van der Waals surface area contributed by atoms with Crippen LogP contribution < -0.4 is 4.90 Å². The number of anilines is 1. The minimum absolute atomic E-state index is 0.0206. The van der Waals surface area contributed by atoms with Crippen LogP contribution in [-0.4, -0.2) is 39.5 Å². The predicted molar refractivity (Wildman–Crippen MR) is 80.5 cm³/mol. The van der Waals surface area contributed by atoms with Gasteiger partial charge in [0.15, 0.2) is 0 Å². The number of benzene rings is 1. The van der Waals surface area contributed by atoms with Crippen molar-refractivity contribution in [3.05, 3.63) is 40.1 Å². The summed E-state index contributed by atoms with van der Waals surface area (Å²) < 4.78 is 14.9. The molecule has 1 aromatic rings. The van der Waals surface area contributed by atoms with Gasteiger partial charge in [0.1, 0.15) is 12.4 Å². The lowest BCUT2D eigenvalue weighted by Gasteiger charge is -2.31. The van der Waals surface area contributed by atoms with Gasteiger partial charge in [0.05, 0.1) is 26.4 Å². The first-order valence-electron chi connectivity index (χ1n) is 6.50. The molecule has 1 heterocycles. The molecule has 22 heavy (non-hydrogen) atoms. The third-order valence-corrected chi connectivity index (χ3v) is 3.71. The van der Waals surface area contributed by atoms with Gasteiger partial charge in [-0.1, -0.05) is 17.7 Å². The topological polar surface area (TPSA) is 65.1 Å². The van der Waals surface area contributed by atoms with Crippen molar-refractivity contribution < 1.29 is 23.8 Å². The van der Waals surface area contributed by atoms with E-state index in [9.17, 15) is 9.59 Å². The van der Waals surface area contributed by atoms with E-state index in [0.29, 0.717) is 10.7 Å². The molecule has 0 bridgehead atoms. The van der Waals surface area contributed by atoms with Crippen molar-refractivity contribution in [1.29, 1.82) is 0 Å². The van der Waals surface area contributed by atoms with E-state index in [1.165, 1.54) is 19.1 Å². The van der Waals surface area contributed by atoms with E-state index in [0.717, 1.165) is 5.56 Å². The molecule has 1 aliphatic rings. The van der Waals surface area contributed by atoms with Gasteiger partial charge >= 0.3 is 11.9 Å². The minimum Gasteiger partial charge on any atom is -0.466 e. The zero-order chi connectivity index (χ0) is 16.3. The summed E-state index contributed by atoms with van der Waals surface area (Å²) in [5.41, 5.74) is 1.73. The van der Waals surface area contributed by atoms with Gasteiger partial charge in [-0.05, 0) is 24.6 Å². The summed E-state index contributed by atoms with van der Waals surface area (Å²) in [6.45, 7) is 1.95. The molecule has 7 heteroatoms. The highest BCUT2D eigenvalue weighted by molar-refractivity contribution is 6.31. The number of aryl methyl sites for hydroxylation is 1. The molecular formula is C15H16ClNO5. The van der Waals surface area contributed by atoms with Crippen LogP contribution in [0.1, 0.15) is 5.56 Å². The van der Waals surface area contributed by atoms with E-state index in [4.69, 9.17) is 25.8 Å². The Hall–Kier alpha value is -2.05. The maximum Gasteiger partial charge on any atom is 0.355 e. The minimum atomic E-state index is -0.639. The number of halogens is 1. The molecule has 2 rings (SSSR count). The van der Waals surface area contributed by atoms with Crippen LogP contribution in [0.15, 0.2) is 29.5 Å². The predicted octanol–water partition coefficient (Wildman–Crippen LogP) is 2.04. The molecule has 118 valence electrons. The fourth-order valence-corrected chi connectivity index (χ4v) is 2.27. The number of esters is 2. The molecule has 0 amide bonds. The zero-order valence-electron chi connectivity index (χ0n) is 12.5. The Bertz CT molecular complexity index is 641. The third-order valence-electron chi connectivity index (χ3n) is 3.30. The van der Waals surface area contributed by atoms with Gasteiger partial charge in [0.25, 0.3) is 0 Å². The van der Waals surface area contributed by atoms with Gasteiger partial charge in [-0.15, -0.1) is 0 Å². The molecule has 0 aliphatic carbocycles. The van der Waals surface area contributed by atoms with Crippen LogP contribution in [-0.2, 0) is 23.8 Å². The fourth-order valence-electron chi connectivity index (χ4n) is 2.10. The normalized spacial score (nSPS) is 14.8. The van der Waals surface area contributed by atoms with Crippen molar-refractivity contribution in [3.8, 4) is 0 Å². The van der Waals surface area contributed by atoms with Crippen LogP contribution in [0.3, 0.4) is 0 Å². The maximum absolute atomic E-state index is 12.1. The third kappa shape index (κ3) is 3.08. The Kier molecular flexibility index (Phi) is 5.05. The average molecular weight is 326 g/mol. The van der Waals surface area contributed by atoms with Crippen molar-refractivity contribution >= 4 is 29.2 Å². The van der Waals surface area contributed by atoms with Gasteiger partial charge in [-0.3, -0.25) is 0 Å². The summed E-state index contributed by atoms with van der Waals surface area (Å²) in [7, 11) is 2.49. The molecule has 1 aliphatic heterocycles. The van der Waals surface area contributed by atoms with Crippen molar-refractivity contribution in [2.45, 2.75) is 6.92 Å². The summed E-state index contributed by atoms with van der Waals surface area (Å²) in [6, 6.07) is 5.30. The second-order valence-electron chi connectivity index (χ2n) is 4.65. The SMILES string of the molecule is COC(=O)C1=C(C(=O)OC)N(c2ccc(C)c(Cl)c2)COC1. The van der Waals surface area contributed by atoms with Crippen LogP contribution in [0.5, 0.6) is 0 Å². The zero-order valence-corrected chi connectivity index (χ0v) is 13.3. The lowest BCUT2D eigenvalue weighted by Crippen LogP contribution is -2.38. The first-order valence-corrected chi connectivity index (χ1v) is 6.88. The summed E-state index contributed by atoms with van der Waals surface area (Å²) >= 11 is 6.13. The highest BCUT2D eigenvalue weighted by Gasteiger charge is 2.32. The number of carbonyl (C=O) groups is 2. The molecule has 0 saturated heterocycles. The molecule has 0 unspecified atom stereocenters. The summed E-state index contributed by atoms with van der Waals surface area (Å²) in [5, 5.41) is 0.548. The lowest BCUT2D eigenvalue weighted by molar-refractivity contribution is -0.140. The van der Waals surface area contributed by atoms with Gasteiger partial charge < -0.3 is 19.1 Å². The van der Waals surface area contributed by atoms with Crippen LogP contribution >= 0.6 is 11.6 Å². The molecule has 0 spiro atoms. The molecule has 0 aromatic heterocycles. The standard InChI is InChI=1S/C15H16ClNO5/c1-9-4-5-10(6-12(9)16)17-8-22-7-11(14(18)20-2)13(17)15(19)21-3/h4-6H,7-8H2,1-3H3. The smallest absolute Gasteiger partial charge is 0.355 e. The monoisotopic (exact) mass is 325 g/mol. The largest absolute Gasteiger partial charge is 0.466 e. The van der Waals surface area contributed by atoms with Gasteiger partial charge in [-0.25, -0.2) is 9.59 Å². The summed E-state index contributed by atoms with van der Waals surface area (Å²) in [5.74, 6) is -1.27. The summed E-state index contributed by atoms with van der Waals surface area (Å²) in [4.78, 5) is 25.5. The number of nitrogens with zero attached hydrogens (tertiary/aromatic N) is 1. The molecule has 0 atom stereocenters. The van der Waals surface area contributed by atoms with E-state index in [1.807, 2.05) is 13.0 Å². The highest BCUT2D eigenvalue weighted by atomic mass is 35.5. The van der Waals surface area contributed by atoms with E-state index >= 15 is 0 Å². The lowest BCUT2D eigenvalue weighted by atomic mass is 10.1.